The molecule has 0 heterocycles. The maximum absolute atomic E-state index is 7.00. The Hall–Kier alpha value is -3.10. The van der Waals surface area contributed by atoms with Gasteiger partial charge in [-0.1, -0.05) is 107 Å². The topological polar surface area (TPSA) is 32.3 Å². The Balaban J connectivity index is 0. The SMILES string of the molecule is C=C.CC.CC.CCCc1cc(C)ccc1/C(=C(\C)c1cccc(NC)c1)c1ccccc1.CO. The summed E-state index contributed by atoms with van der Waals surface area (Å²) in [5.41, 5.74) is 10.4. The van der Waals surface area contributed by atoms with E-state index in [9.17, 15) is 0 Å². The molecule has 2 N–H and O–H groups in total. The van der Waals surface area contributed by atoms with Gasteiger partial charge < -0.3 is 10.4 Å². The smallest absolute Gasteiger partial charge is 0.0343 e. The van der Waals surface area contributed by atoms with Crippen LogP contribution in [0.2, 0.25) is 0 Å². The molecular formula is C33H49NO. The summed E-state index contributed by atoms with van der Waals surface area (Å²) in [6.45, 7) is 20.7. The van der Waals surface area contributed by atoms with Crippen molar-refractivity contribution in [1.29, 1.82) is 0 Å². The third-order valence-electron chi connectivity index (χ3n) is 5.07. The summed E-state index contributed by atoms with van der Waals surface area (Å²) in [7, 11) is 2.97. The molecule has 0 bridgehead atoms. The molecule has 3 rings (SSSR count). The lowest BCUT2D eigenvalue weighted by molar-refractivity contribution is 0.399. The van der Waals surface area contributed by atoms with E-state index < -0.39 is 0 Å². The van der Waals surface area contributed by atoms with Crippen LogP contribution in [0.25, 0.3) is 11.1 Å². The Kier molecular flexibility index (Phi) is 20.9. The van der Waals surface area contributed by atoms with E-state index in [1.807, 2.05) is 34.7 Å². The third kappa shape index (κ3) is 10.8. The molecule has 0 aromatic heterocycles. The molecule has 0 aliphatic rings. The van der Waals surface area contributed by atoms with Gasteiger partial charge in [0, 0.05) is 19.8 Å². The van der Waals surface area contributed by atoms with Crippen LogP contribution in [0.5, 0.6) is 0 Å². The van der Waals surface area contributed by atoms with Crippen LogP contribution in [-0.2, 0) is 6.42 Å². The molecule has 2 heteroatoms. The van der Waals surface area contributed by atoms with Gasteiger partial charge in [-0.3, -0.25) is 0 Å². The maximum Gasteiger partial charge on any atom is 0.0343 e. The minimum absolute atomic E-state index is 1.00. The standard InChI is InChI=1S/C26H29N.2C2H6.C2H4.CH4O/c1-5-10-23-17-19(2)15-16-25(23)26(21-11-7-6-8-12-21)20(3)22-13-9-14-24(18-22)27-4;4*1-2/h6-9,11-18,27H,5,10H2,1-4H3;2*1-2H3;1-2H2;2H,1H3/b26-20+;;;;. The Bertz CT molecular complexity index is 958. The van der Waals surface area contributed by atoms with Crippen LogP contribution in [0.1, 0.15) is 75.8 Å². The van der Waals surface area contributed by atoms with Crippen LogP contribution >= 0.6 is 0 Å². The van der Waals surface area contributed by atoms with Gasteiger partial charge in [0.1, 0.15) is 0 Å². The summed E-state index contributed by atoms with van der Waals surface area (Å²) in [6, 6.07) is 26.3. The lowest BCUT2D eigenvalue weighted by Crippen LogP contribution is -1.99. The van der Waals surface area contributed by atoms with Crippen LogP contribution in [-0.4, -0.2) is 19.3 Å². The normalized spacial score (nSPS) is 9.77. The molecule has 0 fully saturated rings. The Morgan fingerprint density at radius 2 is 1.37 bits per heavy atom. The zero-order valence-corrected chi connectivity index (χ0v) is 23.7. The van der Waals surface area contributed by atoms with Crippen molar-refractivity contribution in [1.82, 2.24) is 0 Å². The Labute approximate surface area is 216 Å². The number of rotatable bonds is 6. The van der Waals surface area contributed by atoms with E-state index in [0.29, 0.717) is 0 Å². The van der Waals surface area contributed by atoms with Crippen molar-refractivity contribution in [2.24, 2.45) is 0 Å². The molecule has 0 atom stereocenters. The molecule has 0 saturated heterocycles. The quantitative estimate of drug-likeness (QED) is 0.275. The van der Waals surface area contributed by atoms with Gasteiger partial charge >= 0.3 is 0 Å². The molecular weight excluding hydrogens is 426 g/mol. The fourth-order valence-electron chi connectivity index (χ4n) is 3.67. The van der Waals surface area contributed by atoms with Gasteiger partial charge in [0.2, 0.25) is 0 Å². The molecule has 0 radical (unpaired) electrons. The van der Waals surface area contributed by atoms with Gasteiger partial charge in [-0.2, -0.15) is 0 Å². The predicted molar refractivity (Wildman–Crippen MR) is 161 cm³/mol. The van der Waals surface area contributed by atoms with Crippen LogP contribution in [0.15, 0.2) is 86.0 Å². The Morgan fingerprint density at radius 3 is 1.91 bits per heavy atom. The van der Waals surface area contributed by atoms with Gasteiger partial charge in [0.25, 0.3) is 0 Å². The average Bonchev–Trinajstić information content (AvgIpc) is 2.95. The number of aliphatic hydroxyl groups excluding tert-OH is 1. The lowest BCUT2D eigenvalue weighted by atomic mass is 9.86. The first-order chi connectivity index (χ1) is 17.1. The van der Waals surface area contributed by atoms with Gasteiger partial charge in [-0.25, -0.2) is 0 Å². The van der Waals surface area contributed by atoms with Gasteiger partial charge in [0.05, 0.1) is 0 Å². The number of hydrogen-bond donors (Lipinski definition) is 2. The second kappa shape index (κ2) is 21.4. The molecule has 3 aromatic rings. The van der Waals surface area contributed by atoms with Gasteiger partial charge in [-0.15, -0.1) is 13.2 Å². The number of aliphatic hydroxyl groups is 1. The highest BCUT2D eigenvalue weighted by molar-refractivity contribution is 5.99. The molecule has 0 saturated carbocycles. The number of allylic oxidation sites excluding steroid dienone is 1. The summed E-state index contributed by atoms with van der Waals surface area (Å²) >= 11 is 0. The number of benzene rings is 3. The number of aryl methyl sites for hydroxylation is 2. The lowest BCUT2D eigenvalue weighted by Gasteiger charge is -2.18. The van der Waals surface area contributed by atoms with E-state index in [0.717, 1.165) is 25.6 Å². The molecule has 192 valence electrons. The second-order valence-corrected chi connectivity index (χ2v) is 7.11. The molecule has 0 spiro atoms. The zero-order chi connectivity index (χ0) is 27.2. The highest BCUT2D eigenvalue weighted by Gasteiger charge is 2.14. The molecule has 0 unspecified atom stereocenters. The predicted octanol–water partition coefficient (Wildman–Crippen LogP) is 9.43. The molecule has 35 heavy (non-hydrogen) atoms. The van der Waals surface area contributed by atoms with Crippen molar-refractivity contribution >= 4 is 16.8 Å². The van der Waals surface area contributed by atoms with Gasteiger partial charge in [0.15, 0.2) is 0 Å². The summed E-state index contributed by atoms with van der Waals surface area (Å²) in [6.07, 6.45) is 2.24. The van der Waals surface area contributed by atoms with E-state index in [4.69, 9.17) is 5.11 Å². The zero-order valence-electron chi connectivity index (χ0n) is 23.7. The van der Waals surface area contributed by atoms with Crippen LogP contribution in [0, 0.1) is 6.92 Å². The van der Waals surface area contributed by atoms with Crippen molar-refractivity contribution < 1.29 is 5.11 Å². The maximum atomic E-state index is 7.00. The van der Waals surface area contributed by atoms with Crippen LogP contribution in [0.4, 0.5) is 5.69 Å². The van der Waals surface area contributed by atoms with Crippen LogP contribution in [0.3, 0.4) is 0 Å². The van der Waals surface area contributed by atoms with Crippen molar-refractivity contribution in [3.8, 4) is 0 Å². The molecule has 0 amide bonds. The summed E-state index contributed by atoms with van der Waals surface area (Å²) in [5.74, 6) is 0. The van der Waals surface area contributed by atoms with Crippen molar-refractivity contribution in [3.05, 3.63) is 114 Å². The van der Waals surface area contributed by atoms with E-state index in [1.54, 1.807) is 0 Å². The first-order valence-electron chi connectivity index (χ1n) is 12.7. The van der Waals surface area contributed by atoms with E-state index in [2.05, 4.69) is 112 Å². The third-order valence-corrected chi connectivity index (χ3v) is 5.07. The molecule has 2 nitrogen and oxygen atoms in total. The summed E-state index contributed by atoms with van der Waals surface area (Å²) in [4.78, 5) is 0. The largest absolute Gasteiger partial charge is 0.400 e. The number of nitrogens with one attached hydrogen (secondary N) is 1. The minimum atomic E-state index is 1.00. The number of hydrogen-bond acceptors (Lipinski definition) is 2. The second-order valence-electron chi connectivity index (χ2n) is 7.11. The molecule has 0 aliphatic carbocycles. The monoisotopic (exact) mass is 475 g/mol. The number of anilines is 1. The first-order valence-corrected chi connectivity index (χ1v) is 12.7. The minimum Gasteiger partial charge on any atom is -0.400 e. The molecule has 3 aromatic carbocycles. The fourth-order valence-corrected chi connectivity index (χ4v) is 3.67. The summed E-state index contributed by atoms with van der Waals surface area (Å²) in [5, 5.41) is 10.3. The average molecular weight is 476 g/mol. The summed E-state index contributed by atoms with van der Waals surface area (Å²) < 4.78 is 0. The first kappa shape index (κ1) is 34.1. The van der Waals surface area contributed by atoms with Crippen molar-refractivity contribution in [2.45, 2.75) is 61.3 Å². The van der Waals surface area contributed by atoms with Crippen molar-refractivity contribution in [2.75, 3.05) is 19.5 Å². The van der Waals surface area contributed by atoms with Crippen molar-refractivity contribution in [3.63, 3.8) is 0 Å². The van der Waals surface area contributed by atoms with E-state index >= 15 is 0 Å². The van der Waals surface area contributed by atoms with E-state index in [1.165, 1.54) is 39.0 Å². The highest BCUT2D eigenvalue weighted by atomic mass is 16.2. The van der Waals surface area contributed by atoms with E-state index in [-0.39, 0.29) is 0 Å². The molecule has 0 aliphatic heterocycles. The highest BCUT2D eigenvalue weighted by Crippen LogP contribution is 2.35. The Morgan fingerprint density at radius 1 is 0.800 bits per heavy atom. The fraction of sp³-hybridized carbons (Fsp3) is 0.333. The van der Waals surface area contributed by atoms with Crippen LogP contribution < -0.4 is 5.32 Å². The van der Waals surface area contributed by atoms with Gasteiger partial charge in [-0.05, 0) is 65.8 Å².